The average Bonchev–Trinajstić information content (AvgIpc) is 1.99. The first-order valence-corrected chi connectivity index (χ1v) is 4.41. The first-order chi connectivity index (χ1) is 5.72. The summed E-state index contributed by atoms with van der Waals surface area (Å²) in [6.45, 7) is 2.02. The van der Waals surface area contributed by atoms with Crippen molar-refractivity contribution in [3.05, 3.63) is 39.9 Å². The van der Waals surface area contributed by atoms with Crippen LogP contribution in [0.1, 0.15) is 11.1 Å². The molecule has 0 saturated carbocycles. The fourth-order valence-corrected chi connectivity index (χ4v) is 1.64. The number of aryl methyl sites for hydroxylation is 1. The van der Waals surface area contributed by atoms with Crippen LogP contribution in [-0.4, -0.2) is 6.29 Å². The van der Waals surface area contributed by atoms with Gasteiger partial charge in [0.2, 0.25) is 0 Å². The van der Waals surface area contributed by atoms with Gasteiger partial charge >= 0.3 is 0 Å². The van der Waals surface area contributed by atoms with Gasteiger partial charge in [0.15, 0.2) is 0 Å². The number of hydrogen-bond acceptors (Lipinski definition) is 1. The third-order valence-electron chi connectivity index (χ3n) is 1.43. The number of carbonyl (C=O) groups excluding carboxylic acids is 1. The fraction of sp³-hybridized carbons (Fsp3) is 0.100. The Hall–Kier alpha value is -0.890. The summed E-state index contributed by atoms with van der Waals surface area (Å²) in [7, 11) is 0. The second-order valence-electron chi connectivity index (χ2n) is 2.56. The van der Waals surface area contributed by atoms with Gasteiger partial charge in [-0.25, -0.2) is 0 Å². The Morgan fingerprint density at radius 3 is 2.67 bits per heavy atom. The number of hydrogen-bond donors (Lipinski definition) is 0. The molecule has 12 heavy (non-hydrogen) atoms. The molecule has 0 unspecified atom stereocenters. The van der Waals surface area contributed by atoms with E-state index < -0.39 is 0 Å². The van der Waals surface area contributed by atoms with Crippen molar-refractivity contribution in [1.82, 2.24) is 0 Å². The van der Waals surface area contributed by atoms with E-state index in [9.17, 15) is 4.79 Å². The van der Waals surface area contributed by atoms with Crippen molar-refractivity contribution < 1.29 is 4.79 Å². The molecule has 0 fully saturated rings. The van der Waals surface area contributed by atoms with E-state index in [-0.39, 0.29) is 0 Å². The lowest BCUT2D eigenvalue weighted by molar-refractivity contribution is -0.104. The molecular formula is C10H9BrO. The monoisotopic (exact) mass is 224 g/mol. The van der Waals surface area contributed by atoms with Crippen LogP contribution in [0, 0.1) is 6.92 Å². The number of allylic oxidation sites excluding steroid dienone is 1. The van der Waals surface area contributed by atoms with Crippen molar-refractivity contribution in [3.63, 3.8) is 0 Å². The Morgan fingerprint density at radius 2 is 2.08 bits per heavy atom. The molecule has 1 aromatic carbocycles. The smallest absolute Gasteiger partial charge is 0.142 e. The average molecular weight is 225 g/mol. The van der Waals surface area contributed by atoms with E-state index in [1.54, 1.807) is 6.08 Å². The molecule has 0 aliphatic heterocycles. The second kappa shape index (κ2) is 4.21. The van der Waals surface area contributed by atoms with Crippen LogP contribution in [0.25, 0.3) is 6.08 Å². The standard InChI is InChI=1S/C10H9BrO/c1-8-5-9(3-2-4-12)7-10(11)6-8/h2-7H,1H3. The van der Waals surface area contributed by atoms with E-state index >= 15 is 0 Å². The first kappa shape index (κ1) is 9.20. The number of carbonyl (C=O) groups is 1. The molecule has 0 bridgehead atoms. The summed E-state index contributed by atoms with van der Waals surface area (Å²) in [6, 6.07) is 6.01. The predicted molar refractivity (Wildman–Crippen MR) is 54.0 cm³/mol. The lowest BCUT2D eigenvalue weighted by Crippen LogP contribution is -1.76. The summed E-state index contributed by atoms with van der Waals surface area (Å²) in [5, 5.41) is 0. The number of benzene rings is 1. The Labute approximate surface area is 80.2 Å². The molecule has 0 N–H and O–H groups in total. The van der Waals surface area contributed by atoms with E-state index in [1.807, 2.05) is 25.1 Å². The zero-order valence-electron chi connectivity index (χ0n) is 6.75. The van der Waals surface area contributed by atoms with Crippen LogP contribution < -0.4 is 0 Å². The normalized spacial score (nSPS) is 10.5. The highest BCUT2D eigenvalue weighted by Crippen LogP contribution is 2.15. The van der Waals surface area contributed by atoms with E-state index in [4.69, 9.17) is 0 Å². The minimum Gasteiger partial charge on any atom is -0.299 e. The molecule has 0 radical (unpaired) electrons. The van der Waals surface area contributed by atoms with Crippen molar-refractivity contribution >= 4 is 28.3 Å². The van der Waals surface area contributed by atoms with Crippen molar-refractivity contribution in [3.8, 4) is 0 Å². The molecule has 0 aliphatic rings. The number of halogens is 1. The zero-order chi connectivity index (χ0) is 8.97. The minimum absolute atomic E-state index is 0.774. The van der Waals surface area contributed by atoms with Crippen LogP contribution in [-0.2, 0) is 4.79 Å². The van der Waals surface area contributed by atoms with Gasteiger partial charge in [0.05, 0.1) is 0 Å². The number of aldehydes is 1. The van der Waals surface area contributed by atoms with E-state index in [0.29, 0.717) is 0 Å². The lowest BCUT2D eigenvalue weighted by Gasteiger charge is -1.97. The predicted octanol–water partition coefficient (Wildman–Crippen LogP) is 2.97. The van der Waals surface area contributed by atoms with Gasteiger partial charge in [-0.15, -0.1) is 0 Å². The summed E-state index contributed by atoms with van der Waals surface area (Å²) < 4.78 is 1.04. The fourth-order valence-electron chi connectivity index (χ4n) is 1.01. The molecule has 0 amide bonds. The van der Waals surface area contributed by atoms with Gasteiger partial charge < -0.3 is 0 Å². The summed E-state index contributed by atoms with van der Waals surface area (Å²) in [4.78, 5) is 10.0. The topological polar surface area (TPSA) is 17.1 Å². The largest absolute Gasteiger partial charge is 0.299 e. The summed E-state index contributed by atoms with van der Waals surface area (Å²) in [5.41, 5.74) is 2.21. The SMILES string of the molecule is Cc1cc(Br)cc(C=CC=O)c1. The van der Waals surface area contributed by atoms with Crippen LogP contribution in [0.5, 0.6) is 0 Å². The van der Waals surface area contributed by atoms with Crippen molar-refractivity contribution in [2.45, 2.75) is 6.92 Å². The van der Waals surface area contributed by atoms with Crippen LogP contribution >= 0.6 is 15.9 Å². The molecule has 1 nitrogen and oxygen atoms in total. The van der Waals surface area contributed by atoms with Gasteiger partial charge in [0.25, 0.3) is 0 Å². The highest BCUT2D eigenvalue weighted by molar-refractivity contribution is 9.10. The highest BCUT2D eigenvalue weighted by Gasteiger charge is 1.91. The minimum atomic E-state index is 0.774. The zero-order valence-corrected chi connectivity index (χ0v) is 8.34. The Balaban J connectivity index is 3.00. The molecule has 62 valence electrons. The quantitative estimate of drug-likeness (QED) is 0.558. The third-order valence-corrected chi connectivity index (χ3v) is 1.89. The molecule has 0 aliphatic carbocycles. The number of rotatable bonds is 2. The van der Waals surface area contributed by atoms with Gasteiger partial charge in [0, 0.05) is 4.47 Å². The second-order valence-corrected chi connectivity index (χ2v) is 3.47. The molecule has 1 aromatic rings. The Morgan fingerprint density at radius 1 is 1.33 bits per heavy atom. The van der Waals surface area contributed by atoms with E-state index in [2.05, 4.69) is 15.9 Å². The lowest BCUT2D eigenvalue weighted by atomic mass is 10.1. The molecule has 0 heterocycles. The van der Waals surface area contributed by atoms with Gasteiger partial charge in [-0.05, 0) is 36.3 Å². The van der Waals surface area contributed by atoms with Gasteiger partial charge in [-0.2, -0.15) is 0 Å². The molecule has 1 rings (SSSR count). The van der Waals surface area contributed by atoms with E-state index in [1.165, 1.54) is 11.6 Å². The molecule has 0 atom stereocenters. The molecule has 0 aromatic heterocycles. The maximum Gasteiger partial charge on any atom is 0.142 e. The van der Waals surface area contributed by atoms with Crippen LogP contribution in [0.3, 0.4) is 0 Å². The maximum absolute atomic E-state index is 10.0. The third kappa shape index (κ3) is 2.62. The van der Waals surface area contributed by atoms with Crippen LogP contribution in [0.15, 0.2) is 28.7 Å². The molecular weight excluding hydrogens is 216 g/mol. The highest BCUT2D eigenvalue weighted by atomic mass is 79.9. The van der Waals surface area contributed by atoms with Crippen molar-refractivity contribution in [2.75, 3.05) is 0 Å². The summed E-state index contributed by atoms with van der Waals surface area (Å²) in [6.07, 6.45) is 4.04. The van der Waals surface area contributed by atoms with Gasteiger partial charge in [-0.1, -0.05) is 28.1 Å². The van der Waals surface area contributed by atoms with Crippen LogP contribution in [0.2, 0.25) is 0 Å². The maximum atomic E-state index is 10.0. The molecule has 2 heteroatoms. The van der Waals surface area contributed by atoms with Crippen molar-refractivity contribution in [1.29, 1.82) is 0 Å². The Bertz CT molecular complexity index is 295. The van der Waals surface area contributed by atoms with Crippen molar-refractivity contribution in [2.24, 2.45) is 0 Å². The van der Waals surface area contributed by atoms with Crippen LogP contribution in [0.4, 0.5) is 0 Å². The van der Waals surface area contributed by atoms with E-state index in [0.717, 1.165) is 16.3 Å². The molecule has 0 spiro atoms. The summed E-state index contributed by atoms with van der Waals surface area (Å²) in [5.74, 6) is 0. The first-order valence-electron chi connectivity index (χ1n) is 3.61. The molecule has 0 saturated heterocycles. The van der Waals surface area contributed by atoms with Gasteiger partial charge in [0.1, 0.15) is 6.29 Å². The Kier molecular flexibility index (Phi) is 3.23. The summed E-state index contributed by atoms with van der Waals surface area (Å²) >= 11 is 3.38. The van der Waals surface area contributed by atoms with Gasteiger partial charge in [-0.3, -0.25) is 4.79 Å².